The van der Waals surface area contributed by atoms with Crippen LogP contribution in [0, 0.1) is 3.70 Å². The zero-order chi connectivity index (χ0) is 7.56. The van der Waals surface area contributed by atoms with Crippen LogP contribution in [-0.2, 0) is 0 Å². The third-order valence-electron chi connectivity index (χ3n) is 0.863. The lowest BCUT2D eigenvalue weighted by Gasteiger charge is -1.99. The minimum Gasteiger partial charge on any atom is -0.479 e. The Hall–Kier alpha value is 0.0900. The molecule has 0 aliphatic rings. The molecule has 0 bridgehead atoms. The van der Waals surface area contributed by atoms with Gasteiger partial charge in [-0.15, -0.1) is 0 Å². The van der Waals surface area contributed by atoms with Gasteiger partial charge in [-0.2, -0.15) is 0 Å². The number of ether oxygens (including phenoxy) is 1. The van der Waals surface area contributed by atoms with Gasteiger partial charge in [-0.25, -0.2) is 9.97 Å². The van der Waals surface area contributed by atoms with Gasteiger partial charge in [0, 0.05) is 0 Å². The van der Waals surface area contributed by atoms with Crippen LogP contribution >= 0.6 is 38.5 Å². The number of hydrogen-bond donors (Lipinski definition) is 0. The largest absolute Gasteiger partial charge is 0.479 e. The Morgan fingerprint density at radius 2 is 2.40 bits per heavy atom. The molecule has 54 valence electrons. The molecule has 0 aliphatic heterocycles. The molecule has 1 rings (SSSR count). The Bertz CT molecular complexity index is 243. The number of aromatic nitrogens is 2. The van der Waals surface area contributed by atoms with Crippen molar-refractivity contribution in [3.63, 3.8) is 0 Å². The molecule has 0 spiro atoms. The first-order valence-electron chi connectivity index (χ1n) is 2.46. The fraction of sp³-hybridized carbons (Fsp3) is 0.200. The van der Waals surface area contributed by atoms with Crippen molar-refractivity contribution < 1.29 is 4.74 Å². The third-order valence-corrected chi connectivity index (χ3v) is 1.93. The average Bonchev–Trinajstić information content (AvgIpc) is 1.94. The van der Waals surface area contributed by atoms with Crippen molar-refractivity contribution in [1.29, 1.82) is 0 Å². The Morgan fingerprint density at radius 1 is 1.70 bits per heavy atom. The van der Waals surface area contributed by atoms with E-state index in [4.69, 9.17) is 4.74 Å². The molecule has 1 aromatic rings. The van der Waals surface area contributed by atoms with E-state index >= 15 is 0 Å². The van der Waals surface area contributed by atoms with Gasteiger partial charge >= 0.3 is 0 Å². The number of nitrogens with zero attached hydrogens (tertiary/aromatic N) is 2. The van der Waals surface area contributed by atoms with E-state index in [0.717, 1.165) is 3.70 Å². The molecule has 0 amide bonds. The first-order valence-corrected chi connectivity index (χ1v) is 4.33. The summed E-state index contributed by atoms with van der Waals surface area (Å²) in [4.78, 5) is 8.02. The van der Waals surface area contributed by atoms with E-state index in [2.05, 4.69) is 48.5 Å². The van der Waals surface area contributed by atoms with Crippen LogP contribution in [0.4, 0.5) is 0 Å². The number of rotatable bonds is 1. The highest BCUT2D eigenvalue weighted by molar-refractivity contribution is 14.1. The number of halogens is 2. The standard InChI is InChI=1S/C5H4BrIN2O/c1-10-5-4(6)8-2-3(7)9-5/h2H,1H3. The third kappa shape index (κ3) is 1.79. The normalized spacial score (nSPS) is 9.50. The predicted octanol–water partition coefficient (Wildman–Crippen LogP) is 1.85. The van der Waals surface area contributed by atoms with Crippen molar-refractivity contribution >= 4 is 38.5 Å². The molecule has 0 N–H and O–H groups in total. The highest BCUT2D eigenvalue weighted by Crippen LogP contribution is 2.18. The van der Waals surface area contributed by atoms with Crippen LogP contribution in [0.2, 0.25) is 0 Å². The SMILES string of the molecule is COc1nc(I)cnc1Br. The molecular formula is C5H4BrIN2O. The van der Waals surface area contributed by atoms with Crippen LogP contribution in [0.1, 0.15) is 0 Å². The summed E-state index contributed by atoms with van der Waals surface area (Å²) in [6, 6.07) is 0. The molecule has 0 aliphatic carbocycles. The number of methoxy groups -OCH3 is 1. The van der Waals surface area contributed by atoms with Gasteiger partial charge in [-0.3, -0.25) is 0 Å². The maximum atomic E-state index is 4.90. The second kappa shape index (κ2) is 3.47. The lowest BCUT2D eigenvalue weighted by molar-refractivity contribution is 0.391. The van der Waals surface area contributed by atoms with Crippen molar-refractivity contribution in [3.8, 4) is 5.88 Å². The zero-order valence-electron chi connectivity index (χ0n) is 5.14. The molecule has 0 saturated carbocycles. The highest BCUT2D eigenvalue weighted by Gasteiger charge is 2.01. The van der Waals surface area contributed by atoms with E-state index in [-0.39, 0.29) is 0 Å². The summed E-state index contributed by atoms with van der Waals surface area (Å²) in [5.74, 6) is 0.520. The monoisotopic (exact) mass is 314 g/mol. The van der Waals surface area contributed by atoms with E-state index < -0.39 is 0 Å². The predicted molar refractivity (Wildman–Crippen MR) is 49.0 cm³/mol. The average molecular weight is 315 g/mol. The van der Waals surface area contributed by atoms with Crippen molar-refractivity contribution in [3.05, 3.63) is 14.5 Å². The quantitative estimate of drug-likeness (QED) is 0.742. The minimum atomic E-state index is 0.520. The summed E-state index contributed by atoms with van der Waals surface area (Å²) in [7, 11) is 1.56. The van der Waals surface area contributed by atoms with Crippen LogP contribution in [-0.4, -0.2) is 17.1 Å². The summed E-state index contributed by atoms with van der Waals surface area (Å²) < 4.78 is 6.35. The maximum Gasteiger partial charge on any atom is 0.248 e. The molecule has 1 heterocycles. The summed E-state index contributed by atoms with van der Waals surface area (Å²) in [6.07, 6.45) is 1.66. The van der Waals surface area contributed by atoms with Gasteiger partial charge in [0.25, 0.3) is 0 Å². The lowest BCUT2D eigenvalue weighted by atomic mass is 10.7. The lowest BCUT2D eigenvalue weighted by Crippen LogP contribution is -1.92. The van der Waals surface area contributed by atoms with Gasteiger partial charge in [0.15, 0.2) is 4.60 Å². The molecule has 0 aromatic carbocycles. The van der Waals surface area contributed by atoms with Crippen molar-refractivity contribution in [1.82, 2.24) is 9.97 Å². The molecule has 10 heavy (non-hydrogen) atoms. The van der Waals surface area contributed by atoms with Gasteiger partial charge in [0.1, 0.15) is 3.70 Å². The van der Waals surface area contributed by atoms with Crippen LogP contribution in [0.3, 0.4) is 0 Å². The molecule has 0 radical (unpaired) electrons. The Kier molecular flexibility index (Phi) is 2.84. The van der Waals surface area contributed by atoms with Crippen LogP contribution in [0.15, 0.2) is 10.8 Å². The topological polar surface area (TPSA) is 35.0 Å². The van der Waals surface area contributed by atoms with Crippen LogP contribution in [0.25, 0.3) is 0 Å². The van der Waals surface area contributed by atoms with E-state index in [1.54, 1.807) is 13.3 Å². The highest BCUT2D eigenvalue weighted by atomic mass is 127. The Labute approximate surface area is 80.5 Å². The van der Waals surface area contributed by atoms with E-state index in [0.29, 0.717) is 10.5 Å². The molecule has 0 fully saturated rings. The van der Waals surface area contributed by atoms with Crippen LogP contribution in [0.5, 0.6) is 5.88 Å². The Morgan fingerprint density at radius 3 is 2.90 bits per heavy atom. The van der Waals surface area contributed by atoms with Crippen molar-refractivity contribution in [2.45, 2.75) is 0 Å². The summed E-state index contributed by atoms with van der Waals surface area (Å²) in [5.41, 5.74) is 0. The molecule has 0 unspecified atom stereocenters. The van der Waals surface area contributed by atoms with Gasteiger partial charge in [-0.05, 0) is 38.5 Å². The van der Waals surface area contributed by atoms with Crippen molar-refractivity contribution in [2.24, 2.45) is 0 Å². The fourth-order valence-corrected chi connectivity index (χ4v) is 1.18. The second-order valence-electron chi connectivity index (χ2n) is 1.49. The van der Waals surface area contributed by atoms with Crippen molar-refractivity contribution in [2.75, 3.05) is 7.11 Å². The molecule has 0 atom stereocenters. The van der Waals surface area contributed by atoms with Gasteiger partial charge in [-0.1, -0.05) is 0 Å². The molecule has 3 nitrogen and oxygen atoms in total. The summed E-state index contributed by atoms with van der Waals surface area (Å²) in [6.45, 7) is 0. The van der Waals surface area contributed by atoms with Gasteiger partial charge in [0.05, 0.1) is 13.3 Å². The molecule has 5 heteroatoms. The minimum absolute atomic E-state index is 0.520. The van der Waals surface area contributed by atoms with E-state index in [1.807, 2.05) is 0 Å². The summed E-state index contributed by atoms with van der Waals surface area (Å²) >= 11 is 5.26. The molecule has 0 saturated heterocycles. The smallest absolute Gasteiger partial charge is 0.248 e. The fourth-order valence-electron chi connectivity index (χ4n) is 0.467. The number of hydrogen-bond acceptors (Lipinski definition) is 3. The van der Waals surface area contributed by atoms with E-state index in [1.165, 1.54) is 0 Å². The molecule has 1 aromatic heterocycles. The van der Waals surface area contributed by atoms with Gasteiger partial charge < -0.3 is 4.74 Å². The second-order valence-corrected chi connectivity index (χ2v) is 3.35. The first kappa shape index (κ1) is 8.19. The van der Waals surface area contributed by atoms with E-state index in [9.17, 15) is 0 Å². The maximum absolute atomic E-state index is 4.90. The molecular weight excluding hydrogens is 311 g/mol. The first-order chi connectivity index (χ1) is 4.74. The van der Waals surface area contributed by atoms with Crippen LogP contribution < -0.4 is 4.74 Å². The Balaban J connectivity index is 3.09. The zero-order valence-corrected chi connectivity index (χ0v) is 8.88. The summed E-state index contributed by atoms with van der Waals surface area (Å²) in [5, 5.41) is 0. The van der Waals surface area contributed by atoms with Gasteiger partial charge in [0.2, 0.25) is 5.88 Å².